The SMILES string of the molecule is CC(C)Nc1cc(C=O)cnc1C(=N)c1cccc(OC(F)F)c1.CNC1(CO)CCOC1. The van der Waals surface area contributed by atoms with E-state index in [1.54, 1.807) is 12.1 Å². The maximum absolute atomic E-state index is 12.3. The molecule has 3 rings (SSSR count). The van der Waals surface area contributed by atoms with Crippen molar-refractivity contribution in [1.82, 2.24) is 10.3 Å². The largest absolute Gasteiger partial charge is 0.435 e. The summed E-state index contributed by atoms with van der Waals surface area (Å²) in [4.78, 5) is 15.1. The van der Waals surface area contributed by atoms with Gasteiger partial charge in [0.1, 0.15) is 11.4 Å². The van der Waals surface area contributed by atoms with E-state index in [4.69, 9.17) is 15.3 Å². The molecular weight excluding hydrogens is 434 g/mol. The van der Waals surface area contributed by atoms with Gasteiger partial charge in [-0.25, -0.2) is 0 Å². The van der Waals surface area contributed by atoms with E-state index < -0.39 is 6.61 Å². The number of likely N-dealkylation sites (N-methyl/N-ethyl adjacent to an activating group) is 1. The van der Waals surface area contributed by atoms with Crippen molar-refractivity contribution in [2.24, 2.45) is 0 Å². The first kappa shape index (κ1) is 26.3. The zero-order valence-corrected chi connectivity index (χ0v) is 18.9. The van der Waals surface area contributed by atoms with E-state index >= 15 is 0 Å². The molecule has 2 heterocycles. The van der Waals surface area contributed by atoms with Crippen molar-refractivity contribution in [3.05, 3.63) is 53.3 Å². The predicted molar refractivity (Wildman–Crippen MR) is 122 cm³/mol. The Labute approximate surface area is 191 Å². The van der Waals surface area contributed by atoms with E-state index in [1.807, 2.05) is 20.9 Å². The second-order valence-corrected chi connectivity index (χ2v) is 7.85. The minimum Gasteiger partial charge on any atom is -0.435 e. The average molecular weight is 465 g/mol. The van der Waals surface area contributed by atoms with E-state index in [1.165, 1.54) is 24.4 Å². The van der Waals surface area contributed by atoms with Crippen molar-refractivity contribution in [1.29, 1.82) is 5.41 Å². The lowest BCUT2D eigenvalue weighted by molar-refractivity contribution is -0.0498. The monoisotopic (exact) mass is 464 g/mol. The highest BCUT2D eigenvalue weighted by molar-refractivity contribution is 6.13. The zero-order valence-electron chi connectivity index (χ0n) is 18.9. The lowest BCUT2D eigenvalue weighted by atomic mass is 10.0. The van der Waals surface area contributed by atoms with Crippen molar-refractivity contribution >= 4 is 17.7 Å². The number of aliphatic hydroxyl groups excluding tert-OH is 1. The number of rotatable bonds is 9. The minimum atomic E-state index is -2.93. The van der Waals surface area contributed by atoms with Gasteiger partial charge in [-0.3, -0.25) is 15.2 Å². The summed E-state index contributed by atoms with van der Waals surface area (Å²) in [5.41, 5.74) is 1.51. The fourth-order valence-corrected chi connectivity index (χ4v) is 3.14. The van der Waals surface area contributed by atoms with Gasteiger partial charge < -0.3 is 25.2 Å². The first-order valence-corrected chi connectivity index (χ1v) is 10.5. The van der Waals surface area contributed by atoms with E-state index in [0.29, 0.717) is 35.4 Å². The summed E-state index contributed by atoms with van der Waals surface area (Å²) in [6.07, 6.45) is 2.95. The number of hydrogen-bond acceptors (Lipinski definition) is 8. The van der Waals surface area contributed by atoms with Crippen molar-refractivity contribution in [3.63, 3.8) is 0 Å². The highest BCUT2D eigenvalue weighted by Gasteiger charge is 2.31. The van der Waals surface area contributed by atoms with Gasteiger partial charge in [-0.1, -0.05) is 12.1 Å². The average Bonchev–Trinajstić information content (AvgIpc) is 3.28. The van der Waals surface area contributed by atoms with Crippen LogP contribution >= 0.6 is 0 Å². The van der Waals surface area contributed by atoms with Gasteiger partial charge in [0.2, 0.25) is 0 Å². The molecule has 33 heavy (non-hydrogen) atoms. The standard InChI is InChI=1S/C17H17F2N3O2.C6H13NO2/c1-10(2)22-14-6-11(9-23)8-21-16(14)15(20)12-4-3-5-13(7-12)24-17(18)19;1-7-6(4-8)2-3-9-5-6/h3-10,17,20,22H,1-2H3;7-8H,2-5H2,1H3. The molecule has 0 saturated carbocycles. The van der Waals surface area contributed by atoms with Crippen LogP contribution in [0.4, 0.5) is 14.5 Å². The Kier molecular flexibility index (Phi) is 9.83. The van der Waals surface area contributed by atoms with Crippen molar-refractivity contribution < 1.29 is 28.2 Å². The summed E-state index contributed by atoms with van der Waals surface area (Å²) in [6, 6.07) is 7.53. The molecule has 0 bridgehead atoms. The third-order valence-electron chi connectivity index (χ3n) is 5.01. The molecule has 0 aliphatic carbocycles. The third-order valence-corrected chi connectivity index (χ3v) is 5.01. The number of aldehydes is 1. The number of aliphatic hydroxyl groups is 1. The van der Waals surface area contributed by atoms with Gasteiger partial charge in [-0.2, -0.15) is 8.78 Å². The Hall–Kier alpha value is -2.95. The van der Waals surface area contributed by atoms with Gasteiger partial charge in [-0.15, -0.1) is 0 Å². The molecule has 180 valence electrons. The molecule has 1 aliphatic rings. The van der Waals surface area contributed by atoms with Gasteiger partial charge in [-0.05, 0) is 45.5 Å². The minimum absolute atomic E-state index is 0.0323. The molecule has 1 atom stereocenters. The van der Waals surface area contributed by atoms with Crippen LogP contribution in [-0.2, 0) is 4.74 Å². The maximum atomic E-state index is 12.3. The topological polar surface area (TPSA) is 117 Å². The van der Waals surface area contributed by atoms with Crippen LogP contribution in [0.2, 0.25) is 0 Å². The Morgan fingerprint density at radius 3 is 2.67 bits per heavy atom. The number of carbonyl (C=O) groups excluding carboxylic acids is 1. The van der Waals surface area contributed by atoms with Crippen LogP contribution in [0.5, 0.6) is 5.75 Å². The number of alkyl halides is 2. The van der Waals surface area contributed by atoms with Crippen molar-refractivity contribution in [3.8, 4) is 5.75 Å². The first-order chi connectivity index (χ1) is 15.7. The Bertz CT molecular complexity index is 928. The number of aromatic nitrogens is 1. The molecule has 0 spiro atoms. The molecule has 1 aliphatic heterocycles. The molecule has 1 aromatic heterocycles. The van der Waals surface area contributed by atoms with Crippen molar-refractivity contribution in [2.45, 2.75) is 38.5 Å². The van der Waals surface area contributed by atoms with E-state index in [2.05, 4.69) is 20.4 Å². The van der Waals surface area contributed by atoms with Gasteiger partial charge in [0.25, 0.3) is 0 Å². The van der Waals surface area contributed by atoms with Crippen LogP contribution in [0, 0.1) is 5.41 Å². The zero-order chi connectivity index (χ0) is 24.4. The summed E-state index contributed by atoms with van der Waals surface area (Å²) in [7, 11) is 1.85. The Morgan fingerprint density at radius 1 is 1.39 bits per heavy atom. The lowest BCUT2D eigenvalue weighted by Crippen LogP contribution is -2.46. The number of nitrogens with one attached hydrogen (secondary N) is 3. The van der Waals surface area contributed by atoms with Crippen LogP contribution in [0.25, 0.3) is 0 Å². The van der Waals surface area contributed by atoms with E-state index in [-0.39, 0.29) is 29.6 Å². The summed E-state index contributed by atoms with van der Waals surface area (Å²) >= 11 is 0. The number of ether oxygens (including phenoxy) is 2. The highest BCUT2D eigenvalue weighted by Crippen LogP contribution is 2.22. The van der Waals surface area contributed by atoms with Crippen LogP contribution < -0.4 is 15.4 Å². The fraction of sp³-hybridized carbons (Fsp3) is 0.435. The smallest absolute Gasteiger partial charge is 0.387 e. The number of pyridine rings is 1. The molecule has 10 heteroatoms. The summed E-state index contributed by atoms with van der Waals surface area (Å²) in [6.45, 7) is 2.47. The van der Waals surface area contributed by atoms with E-state index in [0.717, 1.165) is 13.0 Å². The maximum Gasteiger partial charge on any atom is 0.387 e. The number of nitrogens with zero attached hydrogens (tertiary/aromatic N) is 1. The van der Waals surface area contributed by atoms with Gasteiger partial charge in [0.15, 0.2) is 6.29 Å². The lowest BCUT2D eigenvalue weighted by Gasteiger charge is -2.23. The highest BCUT2D eigenvalue weighted by atomic mass is 19.3. The van der Waals surface area contributed by atoms with Crippen molar-refractivity contribution in [2.75, 3.05) is 32.2 Å². The molecule has 8 nitrogen and oxygen atoms in total. The summed E-state index contributed by atoms with van der Waals surface area (Å²) in [5.74, 6) is -0.0323. The van der Waals surface area contributed by atoms with Crippen LogP contribution in [0.1, 0.15) is 41.9 Å². The Balaban J connectivity index is 0.000000357. The predicted octanol–water partition coefficient (Wildman–Crippen LogP) is 3.09. The Morgan fingerprint density at radius 2 is 2.15 bits per heavy atom. The van der Waals surface area contributed by atoms with Gasteiger partial charge in [0.05, 0.1) is 30.2 Å². The van der Waals surface area contributed by atoms with Crippen LogP contribution in [0.15, 0.2) is 36.5 Å². The molecule has 2 aromatic rings. The molecule has 1 saturated heterocycles. The molecule has 1 unspecified atom stereocenters. The molecular formula is C23H30F2N4O4. The van der Waals surface area contributed by atoms with Crippen LogP contribution in [0.3, 0.4) is 0 Å². The number of anilines is 1. The quantitative estimate of drug-likeness (QED) is 0.333. The molecule has 1 aromatic carbocycles. The van der Waals surface area contributed by atoms with Gasteiger partial charge in [0, 0.05) is 30.0 Å². The molecule has 1 fully saturated rings. The number of benzene rings is 1. The summed E-state index contributed by atoms with van der Waals surface area (Å²) < 4.78 is 34.2. The molecule has 4 N–H and O–H groups in total. The fourth-order valence-electron chi connectivity index (χ4n) is 3.14. The number of hydrogen-bond donors (Lipinski definition) is 4. The second kappa shape index (κ2) is 12.3. The number of carbonyl (C=O) groups is 1. The van der Waals surface area contributed by atoms with E-state index in [9.17, 15) is 13.6 Å². The molecule has 0 amide bonds. The second-order valence-electron chi connectivity index (χ2n) is 7.85. The first-order valence-electron chi connectivity index (χ1n) is 10.5. The number of halogens is 2. The third kappa shape index (κ3) is 7.55. The normalized spacial score (nSPS) is 17.5. The van der Waals surface area contributed by atoms with Gasteiger partial charge >= 0.3 is 6.61 Å². The summed E-state index contributed by atoms with van der Waals surface area (Å²) in [5, 5.41) is 23.4. The van der Waals surface area contributed by atoms with Crippen LogP contribution in [-0.4, -0.2) is 67.1 Å². The molecule has 0 radical (unpaired) electrons.